The lowest BCUT2D eigenvalue weighted by atomic mass is 10.1. The van der Waals surface area contributed by atoms with Crippen LogP contribution in [0.5, 0.6) is 5.75 Å². The zero-order chi connectivity index (χ0) is 39.3. The summed E-state index contributed by atoms with van der Waals surface area (Å²) in [5.74, 6) is -0.294. The first-order valence-corrected chi connectivity index (χ1v) is 22.8. The van der Waals surface area contributed by atoms with Crippen LogP contribution in [0.15, 0.2) is 95.3 Å². The molecule has 2 aromatic carbocycles. The van der Waals surface area contributed by atoms with E-state index in [0.717, 1.165) is 65.6 Å². The minimum Gasteiger partial charge on any atom is -0.492 e. The average Bonchev–Trinajstić information content (AvgIpc) is 3.95. The number of nitriles is 1. The third kappa shape index (κ3) is 8.29. The van der Waals surface area contributed by atoms with Crippen LogP contribution in [0.4, 0.5) is 0 Å². The third-order valence-corrected chi connectivity index (χ3v) is 15.8. The van der Waals surface area contributed by atoms with Crippen molar-refractivity contribution in [2.75, 3.05) is 6.61 Å². The highest BCUT2D eigenvalue weighted by Crippen LogP contribution is 2.53. The van der Waals surface area contributed by atoms with Crippen molar-refractivity contribution >= 4 is 96.4 Å². The lowest BCUT2D eigenvalue weighted by molar-refractivity contribution is -0.132. The van der Waals surface area contributed by atoms with Crippen LogP contribution in [0.25, 0.3) is 58.7 Å². The summed E-state index contributed by atoms with van der Waals surface area (Å²) >= 11 is 8.27. The molecule has 4 aromatic heterocycles. The number of carboxylic acid groups (broad SMARTS) is 1. The van der Waals surface area contributed by atoms with Crippen molar-refractivity contribution in [1.29, 1.82) is 5.26 Å². The molecule has 5 heterocycles. The summed E-state index contributed by atoms with van der Waals surface area (Å²) in [6, 6.07) is 25.8. The van der Waals surface area contributed by atoms with Crippen LogP contribution in [-0.2, 0) is 4.79 Å². The number of rotatable bonds is 14. The molecule has 0 radical (unpaired) electrons. The Kier molecular flexibility index (Phi) is 12.6. The molecular weight excluding hydrogens is 789 g/mol. The van der Waals surface area contributed by atoms with Gasteiger partial charge in [0, 0.05) is 62.6 Å². The number of carbonyl (C=O) groups is 1. The second-order valence-corrected chi connectivity index (χ2v) is 18.7. The first-order chi connectivity index (χ1) is 27.2. The van der Waals surface area contributed by atoms with Crippen LogP contribution in [0, 0.1) is 25.2 Å². The number of aromatic nitrogens is 1. The van der Waals surface area contributed by atoms with E-state index in [2.05, 4.69) is 117 Å². The molecule has 0 unspecified atom stereocenters. The fourth-order valence-electron chi connectivity index (χ4n) is 6.74. The smallest absolute Gasteiger partial charge is 0.346 e. The molecule has 5 nitrogen and oxygen atoms in total. The van der Waals surface area contributed by atoms with Gasteiger partial charge in [0.05, 0.1) is 21.9 Å². The molecule has 0 saturated carbocycles. The summed E-state index contributed by atoms with van der Waals surface area (Å²) in [5, 5.41) is 22.0. The molecule has 0 saturated heterocycles. The highest BCUT2D eigenvalue weighted by molar-refractivity contribution is 8.18. The fraction of sp³-hybridized carbons (Fsp3) is 0.217. The van der Waals surface area contributed by atoms with Gasteiger partial charge in [-0.05, 0) is 79.6 Å². The zero-order valence-electron chi connectivity index (χ0n) is 31.8. The zero-order valence-corrected chi connectivity index (χ0v) is 35.9. The van der Waals surface area contributed by atoms with E-state index in [4.69, 9.17) is 4.74 Å². The maximum atomic E-state index is 11.4. The van der Waals surface area contributed by atoms with E-state index in [-0.39, 0.29) is 5.57 Å². The molecule has 7 rings (SSSR count). The molecule has 284 valence electrons. The number of fused-ring (bicyclic) bond motifs is 2. The number of thiophene rings is 3. The number of ether oxygens (including phenoxy) is 1. The number of aliphatic carboxylic acids is 1. The first-order valence-electron chi connectivity index (χ1n) is 18.7. The molecule has 10 heteroatoms. The van der Waals surface area contributed by atoms with E-state index in [0.29, 0.717) is 6.61 Å². The lowest BCUT2D eigenvalue weighted by Gasteiger charge is -2.11. The summed E-state index contributed by atoms with van der Waals surface area (Å²) < 4.78 is 8.93. The molecule has 0 spiro atoms. The van der Waals surface area contributed by atoms with Gasteiger partial charge in [-0.15, -0.1) is 34.0 Å². The molecule has 1 aliphatic heterocycles. The number of carboxylic acids is 1. The van der Waals surface area contributed by atoms with Gasteiger partial charge < -0.3 is 14.4 Å². The van der Waals surface area contributed by atoms with Crippen molar-refractivity contribution < 1.29 is 14.6 Å². The van der Waals surface area contributed by atoms with Crippen LogP contribution < -0.4 is 4.74 Å². The molecule has 6 aromatic rings. The van der Waals surface area contributed by atoms with Gasteiger partial charge in [0.15, 0.2) is 0 Å². The average molecular weight is 831 g/mol. The Morgan fingerprint density at radius 1 is 0.946 bits per heavy atom. The molecule has 1 N–H and O–H groups in total. The van der Waals surface area contributed by atoms with Crippen LogP contribution in [-0.4, -0.2) is 22.2 Å². The second kappa shape index (κ2) is 17.7. The quantitative estimate of drug-likeness (QED) is 0.0669. The lowest BCUT2D eigenvalue weighted by Crippen LogP contribution is -1.98. The van der Waals surface area contributed by atoms with Crippen molar-refractivity contribution in [1.82, 2.24) is 4.57 Å². The minimum absolute atomic E-state index is 0.281. The van der Waals surface area contributed by atoms with Gasteiger partial charge in [0.25, 0.3) is 0 Å². The molecule has 1 aliphatic rings. The van der Waals surface area contributed by atoms with Gasteiger partial charge in [-0.3, -0.25) is 0 Å². The largest absolute Gasteiger partial charge is 0.492 e. The van der Waals surface area contributed by atoms with Crippen LogP contribution >= 0.6 is 57.5 Å². The number of hydrogen-bond acceptors (Lipinski definition) is 8. The molecule has 0 bridgehead atoms. The number of thioether (sulfide) groups is 2. The number of hydrogen-bond donors (Lipinski definition) is 1. The Hall–Kier alpha value is -4.50. The van der Waals surface area contributed by atoms with Gasteiger partial charge >= 0.3 is 5.97 Å². The first kappa shape index (κ1) is 39.7. The van der Waals surface area contributed by atoms with E-state index in [1.165, 1.54) is 72.6 Å². The van der Waals surface area contributed by atoms with Crippen molar-refractivity contribution in [3.63, 3.8) is 0 Å². The van der Waals surface area contributed by atoms with Crippen LogP contribution in [0.2, 0.25) is 0 Å². The Bertz CT molecular complexity index is 2570. The SMILES string of the molecule is C=C1SC(c2cc(C)c(-c3cc(OCCCCCC)c(-c4ccc(-n5c(C)c(/C=C\CC)c6ccccc65)cc4)s3)s2)=CSc2cc(/C=C(\C#N)C(=O)O)sc21. The fourth-order valence-corrected chi connectivity index (χ4v) is 12.7. The Morgan fingerprint density at radius 3 is 2.48 bits per heavy atom. The maximum absolute atomic E-state index is 11.4. The van der Waals surface area contributed by atoms with E-state index < -0.39 is 5.97 Å². The molecule has 0 fully saturated rings. The predicted octanol–water partition coefficient (Wildman–Crippen LogP) is 14.9. The standard InChI is InChI=1S/C46H42N2O3S5/c1-6-8-10-13-21-51-38-25-41(56-45(38)31-17-19-33(20-18-31)48-29(4)35(14-9-7-2)36-15-11-12-16-37(36)48)43-28(3)22-39(55-43)42-27-52-40-24-34(23-32(26-47)46(49)50)54-44(40)30(5)53-42/h9,11-12,14-20,22-25,27H,5-8,10,13,21H2,1-4H3,(H,49,50)/b14-9-,32-23+. The molecule has 0 aliphatic carbocycles. The topological polar surface area (TPSA) is 75.2 Å². The van der Waals surface area contributed by atoms with Crippen LogP contribution in [0.3, 0.4) is 0 Å². The van der Waals surface area contributed by atoms with E-state index in [1.54, 1.807) is 52.3 Å². The van der Waals surface area contributed by atoms with Gasteiger partial charge in [-0.2, -0.15) is 5.26 Å². The number of benzene rings is 2. The maximum Gasteiger partial charge on any atom is 0.346 e. The Balaban J connectivity index is 1.19. The monoisotopic (exact) mass is 830 g/mol. The van der Waals surface area contributed by atoms with Crippen molar-refractivity contribution in [2.45, 2.75) is 64.7 Å². The molecular formula is C46H42N2O3S5. The van der Waals surface area contributed by atoms with Gasteiger partial charge in [-0.1, -0.05) is 106 Å². The number of allylic oxidation sites excluding steroid dienone is 1. The Morgan fingerprint density at radius 2 is 1.73 bits per heavy atom. The van der Waals surface area contributed by atoms with Crippen molar-refractivity contribution in [3.8, 4) is 37.7 Å². The predicted molar refractivity (Wildman–Crippen MR) is 244 cm³/mol. The normalized spacial score (nSPS) is 13.2. The summed E-state index contributed by atoms with van der Waals surface area (Å²) in [6.45, 7) is 13.9. The molecule has 56 heavy (non-hydrogen) atoms. The number of aryl methyl sites for hydroxylation is 1. The minimum atomic E-state index is -1.23. The van der Waals surface area contributed by atoms with Crippen molar-refractivity contribution in [3.05, 3.63) is 122 Å². The number of para-hydroxylation sites is 1. The summed E-state index contributed by atoms with van der Waals surface area (Å²) in [6.07, 6.45) is 11.5. The number of unbranched alkanes of at least 4 members (excludes halogenated alkanes) is 3. The van der Waals surface area contributed by atoms with Crippen molar-refractivity contribution in [2.24, 2.45) is 0 Å². The number of nitrogens with zero attached hydrogens (tertiary/aromatic N) is 2. The highest BCUT2D eigenvalue weighted by atomic mass is 32.2. The third-order valence-electron chi connectivity index (χ3n) is 9.54. The van der Waals surface area contributed by atoms with Crippen LogP contribution in [0.1, 0.15) is 77.4 Å². The summed E-state index contributed by atoms with van der Waals surface area (Å²) in [4.78, 5) is 20.9. The van der Waals surface area contributed by atoms with Gasteiger partial charge in [0.2, 0.25) is 0 Å². The van der Waals surface area contributed by atoms with E-state index in [9.17, 15) is 15.2 Å². The van der Waals surface area contributed by atoms with Gasteiger partial charge in [-0.25, -0.2) is 4.79 Å². The summed E-state index contributed by atoms with van der Waals surface area (Å²) in [7, 11) is 0. The Labute approximate surface area is 349 Å². The molecule has 0 atom stereocenters. The summed E-state index contributed by atoms with van der Waals surface area (Å²) in [5.41, 5.74) is 6.92. The molecule has 0 amide bonds. The van der Waals surface area contributed by atoms with Gasteiger partial charge in [0.1, 0.15) is 17.4 Å². The second-order valence-electron chi connectivity index (χ2n) is 13.5. The van der Waals surface area contributed by atoms with E-state index >= 15 is 0 Å². The van der Waals surface area contributed by atoms with E-state index in [1.807, 2.05) is 6.07 Å². The highest BCUT2D eigenvalue weighted by Gasteiger charge is 2.23.